The van der Waals surface area contributed by atoms with Crippen LogP contribution in [0, 0.1) is 3.57 Å². The predicted octanol–water partition coefficient (Wildman–Crippen LogP) is 2.42. The first-order chi connectivity index (χ1) is 8.22. The molecule has 0 aliphatic carbocycles. The molecule has 1 aromatic carbocycles. The van der Waals surface area contributed by atoms with Crippen molar-refractivity contribution in [1.29, 1.82) is 0 Å². The number of hydrogen-bond acceptors (Lipinski definition) is 4. The molecule has 0 aliphatic rings. The van der Waals surface area contributed by atoms with Crippen LogP contribution in [0.5, 0.6) is 0 Å². The van der Waals surface area contributed by atoms with Gasteiger partial charge in [0.05, 0.1) is 10.9 Å². The van der Waals surface area contributed by atoms with E-state index in [1.165, 1.54) is 0 Å². The maximum absolute atomic E-state index is 8.91. The molecule has 1 aromatic heterocycles. The molecule has 0 radical (unpaired) electrons. The molecule has 1 heterocycles. The maximum atomic E-state index is 8.91. The number of anilines is 1. The zero-order chi connectivity index (χ0) is 12.3. The number of nitrogens with one attached hydrogen (secondary N) is 1. The number of aromatic nitrogens is 2. The molecule has 2 rings (SSSR count). The van der Waals surface area contributed by atoms with Gasteiger partial charge in [-0.25, -0.2) is 9.97 Å². The van der Waals surface area contributed by atoms with E-state index in [0.29, 0.717) is 6.42 Å². The summed E-state index contributed by atoms with van der Waals surface area (Å²) >= 11 is 2.28. The fourth-order valence-corrected chi connectivity index (χ4v) is 2.42. The van der Waals surface area contributed by atoms with Gasteiger partial charge >= 0.3 is 0 Å². The van der Waals surface area contributed by atoms with Crippen LogP contribution in [0.2, 0.25) is 0 Å². The Balaban J connectivity index is 2.40. The standard InChI is InChI=1S/C12H14IN3O/c1-8(5-6-17)16-12-11-9(13)3-2-4-10(11)14-7-15-12/h2-4,7-8,17H,5-6H2,1H3,(H,14,15,16)/t8-/m0/s1. The molecule has 2 N–H and O–H groups in total. The second kappa shape index (κ2) is 5.59. The van der Waals surface area contributed by atoms with Crippen molar-refractivity contribution in [2.75, 3.05) is 11.9 Å². The van der Waals surface area contributed by atoms with Gasteiger partial charge in [-0.15, -0.1) is 0 Å². The molecular formula is C12H14IN3O. The number of halogens is 1. The smallest absolute Gasteiger partial charge is 0.138 e. The van der Waals surface area contributed by atoms with Crippen LogP contribution >= 0.6 is 22.6 Å². The zero-order valence-corrected chi connectivity index (χ0v) is 11.7. The van der Waals surface area contributed by atoms with Gasteiger partial charge in [0.2, 0.25) is 0 Å². The zero-order valence-electron chi connectivity index (χ0n) is 9.52. The van der Waals surface area contributed by atoms with Crippen LogP contribution < -0.4 is 5.32 Å². The fourth-order valence-electron chi connectivity index (χ4n) is 1.68. The summed E-state index contributed by atoms with van der Waals surface area (Å²) < 4.78 is 1.12. The molecule has 0 unspecified atom stereocenters. The highest BCUT2D eigenvalue weighted by atomic mass is 127. The van der Waals surface area contributed by atoms with Crippen molar-refractivity contribution in [2.45, 2.75) is 19.4 Å². The number of nitrogens with zero attached hydrogens (tertiary/aromatic N) is 2. The van der Waals surface area contributed by atoms with Crippen LogP contribution in [-0.2, 0) is 0 Å². The van der Waals surface area contributed by atoms with E-state index < -0.39 is 0 Å². The SMILES string of the molecule is C[C@@H](CCO)Nc1ncnc2cccc(I)c12. The number of benzene rings is 1. The highest BCUT2D eigenvalue weighted by molar-refractivity contribution is 14.1. The monoisotopic (exact) mass is 343 g/mol. The Hall–Kier alpha value is -0.950. The Kier molecular flexibility index (Phi) is 4.11. The van der Waals surface area contributed by atoms with Crippen molar-refractivity contribution in [3.05, 3.63) is 28.1 Å². The molecule has 0 bridgehead atoms. The molecule has 0 saturated carbocycles. The molecule has 0 amide bonds. The molecule has 1 atom stereocenters. The van der Waals surface area contributed by atoms with Gasteiger partial charge in [-0.05, 0) is 48.1 Å². The summed E-state index contributed by atoms with van der Waals surface area (Å²) in [7, 11) is 0. The Morgan fingerprint density at radius 1 is 1.41 bits per heavy atom. The maximum Gasteiger partial charge on any atom is 0.138 e. The van der Waals surface area contributed by atoms with Crippen molar-refractivity contribution >= 4 is 39.3 Å². The van der Waals surface area contributed by atoms with Crippen molar-refractivity contribution in [1.82, 2.24) is 9.97 Å². The van der Waals surface area contributed by atoms with Crippen LogP contribution in [0.4, 0.5) is 5.82 Å². The van der Waals surface area contributed by atoms with Crippen LogP contribution in [0.1, 0.15) is 13.3 Å². The van der Waals surface area contributed by atoms with Gasteiger partial charge in [0, 0.05) is 16.2 Å². The topological polar surface area (TPSA) is 58.0 Å². The lowest BCUT2D eigenvalue weighted by molar-refractivity contribution is 0.282. The molecular weight excluding hydrogens is 329 g/mol. The second-order valence-electron chi connectivity index (χ2n) is 3.91. The molecule has 2 aromatic rings. The van der Waals surface area contributed by atoms with E-state index in [1.807, 2.05) is 25.1 Å². The van der Waals surface area contributed by atoms with Gasteiger partial charge in [-0.1, -0.05) is 6.07 Å². The molecule has 90 valence electrons. The minimum absolute atomic E-state index is 0.175. The summed E-state index contributed by atoms with van der Waals surface area (Å²) in [6.45, 7) is 2.20. The lowest BCUT2D eigenvalue weighted by atomic mass is 10.2. The average Bonchev–Trinajstić information content (AvgIpc) is 2.29. The molecule has 17 heavy (non-hydrogen) atoms. The van der Waals surface area contributed by atoms with Crippen LogP contribution in [0.3, 0.4) is 0 Å². The van der Waals surface area contributed by atoms with E-state index in [9.17, 15) is 0 Å². The quantitative estimate of drug-likeness (QED) is 0.838. The Bertz CT molecular complexity index is 513. The van der Waals surface area contributed by atoms with E-state index in [1.54, 1.807) is 6.33 Å². The van der Waals surface area contributed by atoms with E-state index in [2.05, 4.69) is 37.9 Å². The first-order valence-electron chi connectivity index (χ1n) is 5.49. The van der Waals surface area contributed by atoms with Crippen molar-refractivity contribution < 1.29 is 5.11 Å². The first-order valence-corrected chi connectivity index (χ1v) is 6.57. The van der Waals surface area contributed by atoms with Crippen LogP contribution in [0.25, 0.3) is 10.9 Å². The first kappa shape index (κ1) is 12.5. The molecule has 5 heteroatoms. The summed E-state index contributed by atoms with van der Waals surface area (Å²) in [5.41, 5.74) is 0.936. The summed E-state index contributed by atoms with van der Waals surface area (Å²) in [4.78, 5) is 8.53. The Morgan fingerprint density at radius 3 is 3.00 bits per heavy atom. The van der Waals surface area contributed by atoms with E-state index >= 15 is 0 Å². The molecule has 0 saturated heterocycles. The summed E-state index contributed by atoms with van der Waals surface area (Å²) in [6.07, 6.45) is 2.27. The highest BCUT2D eigenvalue weighted by Crippen LogP contribution is 2.25. The number of hydrogen-bond donors (Lipinski definition) is 2. The van der Waals surface area contributed by atoms with Gasteiger partial charge in [0.1, 0.15) is 12.1 Å². The van der Waals surface area contributed by atoms with Crippen LogP contribution in [0.15, 0.2) is 24.5 Å². The van der Waals surface area contributed by atoms with Crippen molar-refractivity contribution in [3.63, 3.8) is 0 Å². The minimum Gasteiger partial charge on any atom is -0.396 e. The Morgan fingerprint density at radius 2 is 2.24 bits per heavy atom. The third-order valence-corrected chi connectivity index (χ3v) is 3.46. The fraction of sp³-hybridized carbons (Fsp3) is 0.333. The molecule has 4 nitrogen and oxygen atoms in total. The highest BCUT2D eigenvalue weighted by Gasteiger charge is 2.09. The number of fused-ring (bicyclic) bond motifs is 1. The van der Waals surface area contributed by atoms with E-state index in [-0.39, 0.29) is 12.6 Å². The normalized spacial score (nSPS) is 12.6. The Labute approximate surface area is 114 Å². The predicted molar refractivity (Wildman–Crippen MR) is 77.0 cm³/mol. The third-order valence-electron chi connectivity index (χ3n) is 2.56. The van der Waals surface area contributed by atoms with Gasteiger partial charge in [-0.2, -0.15) is 0 Å². The minimum atomic E-state index is 0.175. The average molecular weight is 343 g/mol. The molecule has 0 fully saturated rings. The van der Waals surface area contributed by atoms with Gasteiger partial charge in [0.15, 0.2) is 0 Å². The number of rotatable bonds is 4. The molecule has 0 spiro atoms. The van der Waals surface area contributed by atoms with Crippen LogP contribution in [-0.4, -0.2) is 27.7 Å². The summed E-state index contributed by atoms with van der Waals surface area (Å²) in [6, 6.07) is 6.18. The number of aliphatic hydroxyl groups is 1. The molecule has 0 aliphatic heterocycles. The van der Waals surface area contributed by atoms with Gasteiger partial charge in [-0.3, -0.25) is 0 Å². The van der Waals surface area contributed by atoms with Gasteiger partial charge < -0.3 is 10.4 Å². The van der Waals surface area contributed by atoms with Crippen molar-refractivity contribution in [3.8, 4) is 0 Å². The lowest BCUT2D eigenvalue weighted by Gasteiger charge is -2.15. The van der Waals surface area contributed by atoms with E-state index in [4.69, 9.17) is 5.11 Å². The second-order valence-corrected chi connectivity index (χ2v) is 5.08. The lowest BCUT2D eigenvalue weighted by Crippen LogP contribution is -2.17. The summed E-state index contributed by atoms with van der Waals surface area (Å²) in [5, 5.41) is 13.3. The van der Waals surface area contributed by atoms with Gasteiger partial charge in [0.25, 0.3) is 0 Å². The van der Waals surface area contributed by atoms with Crippen molar-refractivity contribution in [2.24, 2.45) is 0 Å². The third kappa shape index (κ3) is 2.84. The van der Waals surface area contributed by atoms with E-state index in [0.717, 1.165) is 20.3 Å². The number of aliphatic hydroxyl groups excluding tert-OH is 1. The largest absolute Gasteiger partial charge is 0.396 e. The summed E-state index contributed by atoms with van der Waals surface area (Å²) in [5.74, 6) is 0.834.